The first-order valence-corrected chi connectivity index (χ1v) is 8.16. The lowest BCUT2D eigenvalue weighted by Gasteiger charge is -2.02. The molecular weight excluding hydrogens is 551 g/mol. The summed E-state index contributed by atoms with van der Waals surface area (Å²) < 4.78 is 4.14. The van der Waals surface area contributed by atoms with Crippen LogP contribution in [0.5, 0.6) is 0 Å². The number of halogens is 6. The van der Waals surface area contributed by atoms with Gasteiger partial charge >= 0.3 is 0 Å². The summed E-state index contributed by atoms with van der Waals surface area (Å²) in [6.07, 6.45) is 0. The van der Waals surface area contributed by atoms with E-state index in [1.165, 1.54) is 0 Å². The van der Waals surface area contributed by atoms with Gasteiger partial charge in [0.25, 0.3) is 0 Å². The molecule has 0 unspecified atom stereocenters. The molecule has 0 nitrogen and oxygen atoms in total. The van der Waals surface area contributed by atoms with E-state index in [4.69, 9.17) is 0 Å². The van der Waals surface area contributed by atoms with Crippen molar-refractivity contribution < 1.29 is 0 Å². The molecule has 0 rings (SSSR count). The topological polar surface area (TPSA) is 0 Å². The van der Waals surface area contributed by atoms with Gasteiger partial charge in [0.05, 0.1) is 0 Å². The molecule has 0 fully saturated rings. The van der Waals surface area contributed by atoms with E-state index < -0.39 is 0 Å². The van der Waals surface area contributed by atoms with Crippen LogP contribution in [-0.2, 0) is 0 Å². The summed E-state index contributed by atoms with van der Waals surface area (Å²) in [4.78, 5) is 0. The zero-order valence-electron chi connectivity index (χ0n) is 5.68. The normalized spacial score (nSPS) is 15.5. The second-order valence-electron chi connectivity index (χ2n) is 1.71. The third-order valence-electron chi connectivity index (χ3n) is 0.904. The lowest BCUT2D eigenvalue weighted by molar-refractivity contribution is 1.65. The molecule has 0 spiro atoms. The molecule has 12 heavy (non-hydrogen) atoms. The largest absolute Gasteiger partial charge is 0.0870 e. The molecule has 0 bridgehead atoms. The van der Waals surface area contributed by atoms with Crippen LogP contribution in [0.3, 0.4) is 0 Å². The summed E-state index contributed by atoms with van der Waals surface area (Å²) in [6.45, 7) is 0. The summed E-state index contributed by atoms with van der Waals surface area (Å²) in [7, 11) is 0. The van der Waals surface area contributed by atoms with Crippen LogP contribution >= 0.6 is 95.6 Å². The molecule has 0 aliphatic carbocycles. The van der Waals surface area contributed by atoms with Crippen LogP contribution in [0.15, 0.2) is 17.9 Å². The van der Waals surface area contributed by atoms with Gasteiger partial charge in [-0.3, -0.25) is 0 Å². The second kappa shape index (κ2) is 7.63. The zero-order chi connectivity index (χ0) is 9.72. The van der Waals surface area contributed by atoms with Crippen molar-refractivity contribution in [3.8, 4) is 0 Å². The van der Waals surface area contributed by atoms with E-state index in [9.17, 15) is 0 Å². The molecule has 6 heteroatoms. The Balaban J connectivity index is 4.82. The van der Waals surface area contributed by atoms with E-state index in [0.717, 1.165) is 28.6 Å². The molecule has 0 saturated carbocycles. The highest BCUT2D eigenvalue weighted by Crippen LogP contribution is 2.34. The van der Waals surface area contributed by atoms with E-state index in [1.54, 1.807) is 0 Å². The Kier molecular flexibility index (Phi) is 9.13. The van der Waals surface area contributed by atoms with Crippen LogP contribution in [0, 0.1) is 0 Å². The highest BCUT2D eigenvalue weighted by Gasteiger charge is 2.07. The summed E-state index contributed by atoms with van der Waals surface area (Å²) in [5.74, 6) is 0. The Labute approximate surface area is 122 Å². The predicted octanol–water partition coefficient (Wildman–Crippen LogP) is 5.78. The molecule has 0 radical (unpaired) electrons. The Morgan fingerprint density at radius 2 is 0.917 bits per heavy atom. The smallest absolute Gasteiger partial charge is 0.0435 e. The van der Waals surface area contributed by atoms with E-state index >= 15 is 0 Å². The molecule has 0 saturated heterocycles. The molecule has 0 aromatic rings. The minimum absolute atomic E-state index is 0.783. The highest BCUT2D eigenvalue weighted by atomic mass is 79.9. The van der Waals surface area contributed by atoms with E-state index in [0.29, 0.717) is 0 Å². The number of alkyl halides is 2. The first-order chi connectivity index (χ1) is 5.54. The number of rotatable bonds is 3. The maximum Gasteiger partial charge on any atom is 0.0435 e. The quantitative estimate of drug-likeness (QED) is 0.306. The van der Waals surface area contributed by atoms with Gasteiger partial charge in [-0.1, -0.05) is 63.7 Å². The standard InChI is InChI=1S/C6H4Br6/c7-1-3(9)5(11)6(12)4(10)2-8/h1-2H2/b5-3-,6-4-. The molecule has 0 amide bonds. The van der Waals surface area contributed by atoms with Gasteiger partial charge in [-0.05, 0) is 31.9 Å². The van der Waals surface area contributed by atoms with E-state index in [2.05, 4.69) is 95.6 Å². The van der Waals surface area contributed by atoms with Gasteiger partial charge in [-0.25, -0.2) is 0 Å². The third kappa shape index (κ3) is 4.73. The second-order valence-corrected chi connectivity index (χ2v) is 6.33. The van der Waals surface area contributed by atoms with Gasteiger partial charge in [0.1, 0.15) is 0 Å². The molecule has 0 atom stereocenters. The molecule has 0 aliphatic rings. The number of hydrogen-bond donors (Lipinski definition) is 0. The minimum atomic E-state index is 0.783. The fourth-order valence-corrected chi connectivity index (χ4v) is 3.36. The summed E-state index contributed by atoms with van der Waals surface area (Å²) in [5.41, 5.74) is 0. The fourth-order valence-electron chi connectivity index (χ4n) is 0.355. The fraction of sp³-hybridized carbons (Fsp3) is 0.333. The van der Waals surface area contributed by atoms with Gasteiger partial charge in [-0.15, -0.1) is 0 Å². The van der Waals surface area contributed by atoms with Crippen LogP contribution in [-0.4, -0.2) is 10.7 Å². The van der Waals surface area contributed by atoms with Crippen molar-refractivity contribution in [3.63, 3.8) is 0 Å². The van der Waals surface area contributed by atoms with Crippen molar-refractivity contribution in [2.75, 3.05) is 10.7 Å². The number of hydrogen-bond acceptors (Lipinski definition) is 0. The molecule has 0 N–H and O–H groups in total. The van der Waals surface area contributed by atoms with Gasteiger partial charge < -0.3 is 0 Å². The molecule has 0 heterocycles. The molecular formula is C6H4Br6. The molecule has 0 aromatic heterocycles. The van der Waals surface area contributed by atoms with Crippen LogP contribution in [0.1, 0.15) is 0 Å². The minimum Gasteiger partial charge on any atom is -0.0870 e. The van der Waals surface area contributed by atoms with Crippen molar-refractivity contribution in [1.82, 2.24) is 0 Å². The Morgan fingerprint density at radius 3 is 1.08 bits per heavy atom. The predicted molar refractivity (Wildman–Crippen MR) is 77.3 cm³/mol. The van der Waals surface area contributed by atoms with Gasteiger partial charge in [0.2, 0.25) is 0 Å². The summed E-state index contributed by atoms with van der Waals surface area (Å²) in [6, 6.07) is 0. The Morgan fingerprint density at radius 1 is 0.667 bits per heavy atom. The first kappa shape index (κ1) is 14.4. The maximum absolute atomic E-state index is 3.46. The van der Waals surface area contributed by atoms with Gasteiger partial charge in [0, 0.05) is 28.6 Å². The Bertz CT molecular complexity index is 192. The lowest BCUT2D eigenvalue weighted by Crippen LogP contribution is -1.83. The van der Waals surface area contributed by atoms with Crippen LogP contribution in [0.2, 0.25) is 0 Å². The van der Waals surface area contributed by atoms with E-state index in [-0.39, 0.29) is 0 Å². The summed E-state index contributed by atoms with van der Waals surface area (Å²) >= 11 is 20.5. The van der Waals surface area contributed by atoms with Crippen molar-refractivity contribution in [3.05, 3.63) is 17.9 Å². The SMILES string of the molecule is BrC/C(Br)=C(Br)\C(Br)=C(\Br)CBr. The molecule has 70 valence electrons. The first-order valence-electron chi connectivity index (χ1n) is 2.75. The average molecular weight is 556 g/mol. The van der Waals surface area contributed by atoms with Crippen LogP contribution in [0.25, 0.3) is 0 Å². The van der Waals surface area contributed by atoms with Gasteiger partial charge in [0.15, 0.2) is 0 Å². The monoisotopic (exact) mass is 550 g/mol. The van der Waals surface area contributed by atoms with Crippen LogP contribution < -0.4 is 0 Å². The lowest BCUT2D eigenvalue weighted by atomic mass is 10.4. The Hall–Kier alpha value is 2.36. The van der Waals surface area contributed by atoms with Gasteiger partial charge in [-0.2, -0.15) is 0 Å². The molecule has 0 aliphatic heterocycles. The van der Waals surface area contributed by atoms with Crippen molar-refractivity contribution in [1.29, 1.82) is 0 Å². The maximum atomic E-state index is 3.46. The van der Waals surface area contributed by atoms with Crippen molar-refractivity contribution in [2.45, 2.75) is 0 Å². The van der Waals surface area contributed by atoms with E-state index in [1.807, 2.05) is 0 Å². The van der Waals surface area contributed by atoms with Crippen molar-refractivity contribution >= 4 is 95.6 Å². The third-order valence-corrected chi connectivity index (χ3v) is 8.23. The molecule has 0 aromatic carbocycles. The van der Waals surface area contributed by atoms with Crippen molar-refractivity contribution in [2.24, 2.45) is 0 Å². The summed E-state index contributed by atoms with van der Waals surface area (Å²) in [5, 5.41) is 1.57. The zero-order valence-corrected chi connectivity index (χ0v) is 15.2. The number of allylic oxidation sites excluding steroid dienone is 4. The average Bonchev–Trinajstić information content (AvgIpc) is 2.12. The van der Waals surface area contributed by atoms with Crippen LogP contribution in [0.4, 0.5) is 0 Å². The highest BCUT2D eigenvalue weighted by molar-refractivity contribution is 9.17.